The molecule has 0 bridgehead atoms. The van der Waals surface area contributed by atoms with E-state index in [1.165, 1.54) is 30.4 Å². The van der Waals surface area contributed by atoms with Crippen molar-refractivity contribution in [2.75, 3.05) is 6.54 Å². The monoisotopic (exact) mass is 329 g/mol. The molecule has 0 amide bonds. The molecule has 0 aliphatic heterocycles. The van der Waals surface area contributed by atoms with Crippen LogP contribution in [0.4, 0.5) is 0 Å². The standard InChI is InChI=1S/C18H20BrN/c1-2-20-18(15-7-4-8-17(19)12-15)16-10-9-13-5-3-6-14(13)11-16/h4,7-12,18,20H,2-3,5-6H2,1H3. The Bertz CT molecular complexity index is 606. The van der Waals surface area contributed by atoms with Gasteiger partial charge >= 0.3 is 0 Å². The fourth-order valence-electron chi connectivity index (χ4n) is 3.09. The molecule has 0 heterocycles. The second-order valence-corrected chi connectivity index (χ2v) is 6.34. The van der Waals surface area contributed by atoms with Crippen molar-refractivity contribution in [3.8, 4) is 0 Å². The Morgan fingerprint density at radius 2 is 1.85 bits per heavy atom. The summed E-state index contributed by atoms with van der Waals surface area (Å²) >= 11 is 3.58. The number of hydrogen-bond donors (Lipinski definition) is 1. The van der Waals surface area contributed by atoms with Crippen LogP contribution in [0.3, 0.4) is 0 Å². The second-order valence-electron chi connectivity index (χ2n) is 5.43. The number of rotatable bonds is 4. The van der Waals surface area contributed by atoms with Gasteiger partial charge in [0.05, 0.1) is 6.04 Å². The van der Waals surface area contributed by atoms with Crippen molar-refractivity contribution in [3.63, 3.8) is 0 Å². The van der Waals surface area contributed by atoms with Crippen LogP contribution in [-0.4, -0.2) is 6.54 Å². The molecule has 2 heteroatoms. The highest BCUT2D eigenvalue weighted by molar-refractivity contribution is 9.10. The minimum absolute atomic E-state index is 0.281. The third-order valence-electron chi connectivity index (χ3n) is 4.05. The van der Waals surface area contributed by atoms with E-state index in [0.29, 0.717) is 0 Å². The summed E-state index contributed by atoms with van der Waals surface area (Å²) < 4.78 is 1.14. The van der Waals surface area contributed by atoms with Crippen LogP contribution >= 0.6 is 15.9 Å². The molecule has 1 N–H and O–H groups in total. The molecule has 2 aromatic rings. The lowest BCUT2D eigenvalue weighted by molar-refractivity contribution is 0.630. The lowest BCUT2D eigenvalue weighted by atomic mass is 9.95. The zero-order chi connectivity index (χ0) is 13.9. The molecule has 0 radical (unpaired) electrons. The third kappa shape index (κ3) is 2.82. The zero-order valence-electron chi connectivity index (χ0n) is 11.8. The van der Waals surface area contributed by atoms with Crippen molar-refractivity contribution < 1.29 is 0 Å². The van der Waals surface area contributed by atoms with E-state index in [9.17, 15) is 0 Å². The molecule has 3 rings (SSSR count). The minimum Gasteiger partial charge on any atom is -0.307 e. The number of fused-ring (bicyclic) bond motifs is 1. The van der Waals surface area contributed by atoms with Crippen molar-refractivity contribution >= 4 is 15.9 Å². The van der Waals surface area contributed by atoms with Crippen LogP contribution in [0.5, 0.6) is 0 Å². The molecule has 1 nitrogen and oxygen atoms in total. The predicted octanol–water partition coefficient (Wildman–Crippen LogP) is 4.64. The van der Waals surface area contributed by atoms with Crippen LogP contribution in [0, 0.1) is 0 Å². The topological polar surface area (TPSA) is 12.0 Å². The fourth-order valence-corrected chi connectivity index (χ4v) is 3.51. The molecule has 0 spiro atoms. The summed E-state index contributed by atoms with van der Waals surface area (Å²) in [6.07, 6.45) is 3.79. The predicted molar refractivity (Wildman–Crippen MR) is 88.1 cm³/mol. The number of halogens is 1. The first-order valence-corrected chi connectivity index (χ1v) is 8.18. The van der Waals surface area contributed by atoms with Gasteiger partial charge in [-0.15, -0.1) is 0 Å². The van der Waals surface area contributed by atoms with E-state index in [1.807, 2.05) is 0 Å². The zero-order valence-corrected chi connectivity index (χ0v) is 13.4. The van der Waals surface area contributed by atoms with Crippen LogP contribution in [0.15, 0.2) is 46.9 Å². The fraction of sp³-hybridized carbons (Fsp3) is 0.333. The lowest BCUT2D eigenvalue weighted by Crippen LogP contribution is -2.22. The summed E-state index contributed by atoms with van der Waals surface area (Å²) in [5.41, 5.74) is 5.78. The highest BCUT2D eigenvalue weighted by Gasteiger charge is 2.17. The molecule has 1 aliphatic carbocycles. The average Bonchev–Trinajstić information content (AvgIpc) is 2.92. The Morgan fingerprint density at radius 1 is 1.05 bits per heavy atom. The Kier molecular flexibility index (Phi) is 4.23. The summed E-state index contributed by atoms with van der Waals surface area (Å²) in [5, 5.41) is 3.61. The molecule has 1 atom stereocenters. The summed E-state index contributed by atoms with van der Waals surface area (Å²) in [6, 6.07) is 15.9. The van der Waals surface area contributed by atoms with Gasteiger partial charge in [0.2, 0.25) is 0 Å². The van der Waals surface area contributed by atoms with E-state index < -0.39 is 0 Å². The number of hydrogen-bond acceptors (Lipinski definition) is 1. The minimum atomic E-state index is 0.281. The van der Waals surface area contributed by atoms with E-state index >= 15 is 0 Å². The van der Waals surface area contributed by atoms with Crippen LogP contribution in [0.2, 0.25) is 0 Å². The van der Waals surface area contributed by atoms with Gasteiger partial charge in [-0.3, -0.25) is 0 Å². The number of nitrogens with one attached hydrogen (secondary N) is 1. The average molecular weight is 330 g/mol. The van der Waals surface area contributed by atoms with Crippen molar-refractivity contribution in [3.05, 3.63) is 69.2 Å². The molecular formula is C18H20BrN. The maximum absolute atomic E-state index is 3.61. The normalized spacial score (nSPS) is 15.1. The smallest absolute Gasteiger partial charge is 0.0577 e. The number of aryl methyl sites for hydroxylation is 2. The van der Waals surface area contributed by atoms with E-state index in [0.717, 1.165) is 11.0 Å². The lowest BCUT2D eigenvalue weighted by Gasteiger charge is -2.20. The first kappa shape index (κ1) is 13.8. The van der Waals surface area contributed by atoms with Gasteiger partial charge in [0.15, 0.2) is 0 Å². The molecule has 1 unspecified atom stereocenters. The highest BCUT2D eigenvalue weighted by atomic mass is 79.9. The Balaban J connectivity index is 1.98. The van der Waals surface area contributed by atoms with Crippen molar-refractivity contribution in [2.45, 2.75) is 32.2 Å². The van der Waals surface area contributed by atoms with E-state index in [4.69, 9.17) is 0 Å². The first-order chi connectivity index (χ1) is 9.78. The largest absolute Gasteiger partial charge is 0.307 e. The van der Waals surface area contributed by atoms with Crippen molar-refractivity contribution in [1.82, 2.24) is 5.32 Å². The third-order valence-corrected chi connectivity index (χ3v) is 4.54. The SMILES string of the molecule is CCNC(c1cccc(Br)c1)c1ccc2c(c1)CCC2. The van der Waals surface area contributed by atoms with Gasteiger partial charge in [-0.25, -0.2) is 0 Å². The summed E-state index contributed by atoms with van der Waals surface area (Å²) in [4.78, 5) is 0. The van der Waals surface area contributed by atoms with Gasteiger partial charge in [-0.05, 0) is 60.2 Å². The van der Waals surface area contributed by atoms with Crippen LogP contribution in [0.25, 0.3) is 0 Å². The molecule has 1 aliphatic rings. The Morgan fingerprint density at radius 3 is 2.65 bits per heavy atom. The molecular weight excluding hydrogens is 310 g/mol. The maximum Gasteiger partial charge on any atom is 0.0577 e. The van der Waals surface area contributed by atoms with Gasteiger partial charge in [-0.1, -0.05) is 53.2 Å². The summed E-state index contributed by atoms with van der Waals surface area (Å²) in [7, 11) is 0. The van der Waals surface area contributed by atoms with Gasteiger partial charge in [-0.2, -0.15) is 0 Å². The molecule has 0 aromatic heterocycles. The van der Waals surface area contributed by atoms with Gasteiger partial charge in [0, 0.05) is 4.47 Å². The molecule has 0 saturated carbocycles. The second kappa shape index (κ2) is 6.11. The Hall–Kier alpha value is -1.12. The van der Waals surface area contributed by atoms with Crippen LogP contribution in [0.1, 0.15) is 41.6 Å². The van der Waals surface area contributed by atoms with Crippen molar-refractivity contribution in [2.24, 2.45) is 0 Å². The van der Waals surface area contributed by atoms with E-state index in [2.05, 4.69) is 70.6 Å². The Labute approximate surface area is 129 Å². The molecule has 0 fully saturated rings. The summed E-state index contributed by atoms with van der Waals surface area (Å²) in [5.74, 6) is 0. The van der Waals surface area contributed by atoms with Gasteiger partial charge in [0.1, 0.15) is 0 Å². The first-order valence-electron chi connectivity index (χ1n) is 7.38. The van der Waals surface area contributed by atoms with E-state index in [1.54, 1.807) is 11.1 Å². The van der Waals surface area contributed by atoms with Gasteiger partial charge in [0.25, 0.3) is 0 Å². The molecule has 104 valence electrons. The maximum atomic E-state index is 3.61. The number of benzene rings is 2. The highest BCUT2D eigenvalue weighted by Crippen LogP contribution is 2.29. The van der Waals surface area contributed by atoms with Gasteiger partial charge < -0.3 is 5.32 Å². The van der Waals surface area contributed by atoms with Crippen LogP contribution < -0.4 is 5.32 Å². The molecule has 2 aromatic carbocycles. The van der Waals surface area contributed by atoms with Crippen molar-refractivity contribution in [1.29, 1.82) is 0 Å². The quantitative estimate of drug-likeness (QED) is 0.861. The molecule has 0 saturated heterocycles. The molecule has 20 heavy (non-hydrogen) atoms. The van der Waals surface area contributed by atoms with E-state index in [-0.39, 0.29) is 6.04 Å². The van der Waals surface area contributed by atoms with Crippen LogP contribution in [-0.2, 0) is 12.8 Å². The summed E-state index contributed by atoms with van der Waals surface area (Å²) in [6.45, 7) is 3.13.